The Morgan fingerprint density at radius 2 is 1.48 bits per heavy atom. The number of nitrogens with zero attached hydrogens (tertiary/aromatic N) is 1. The number of anilines is 2. The van der Waals surface area contributed by atoms with Crippen LogP contribution in [0.5, 0.6) is 0 Å². The summed E-state index contributed by atoms with van der Waals surface area (Å²) in [5.74, 6) is -2.09. The smallest absolute Gasteiger partial charge is 0.337 e. The van der Waals surface area contributed by atoms with Crippen molar-refractivity contribution < 1.29 is 19.8 Å². The first-order valence-corrected chi connectivity index (χ1v) is 6.95. The minimum absolute atomic E-state index is 0.0471. The van der Waals surface area contributed by atoms with Crippen LogP contribution in [0.4, 0.5) is 11.4 Å². The second-order valence-corrected chi connectivity index (χ2v) is 5.45. The number of nitrogens with two attached hydrogens (primary N) is 1. The Labute approximate surface area is 133 Å². The van der Waals surface area contributed by atoms with E-state index in [1.807, 2.05) is 6.07 Å². The van der Waals surface area contributed by atoms with Gasteiger partial charge in [-0.3, -0.25) is 0 Å². The molecule has 0 unspecified atom stereocenters. The summed E-state index contributed by atoms with van der Waals surface area (Å²) in [4.78, 5) is 24.3. The molecule has 0 saturated heterocycles. The minimum atomic E-state index is -1.08. The van der Waals surface area contributed by atoms with Crippen molar-refractivity contribution in [2.24, 2.45) is 0 Å². The number of aromatic carboxylic acids is 2. The lowest BCUT2D eigenvalue weighted by atomic mass is 9.99. The summed E-state index contributed by atoms with van der Waals surface area (Å²) in [7, 11) is 3.56. The van der Waals surface area contributed by atoms with Crippen molar-refractivity contribution in [1.82, 2.24) is 0 Å². The molecule has 0 atom stereocenters. The van der Waals surface area contributed by atoms with Gasteiger partial charge in [-0.1, -0.05) is 12.1 Å². The van der Waals surface area contributed by atoms with Crippen molar-refractivity contribution in [2.45, 2.75) is 6.42 Å². The van der Waals surface area contributed by atoms with Gasteiger partial charge in [0.2, 0.25) is 0 Å². The van der Waals surface area contributed by atoms with Gasteiger partial charge in [0.1, 0.15) is 0 Å². The van der Waals surface area contributed by atoms with Gasteiger partial charge in [-0.2, -0.15) is 0 Å². The van der Waals surface area contributed by atoms with Crippen LogP contribution in [0, 0.1) is 0 Å². The van der Waals surface area contributed by atoms with Gasteiger partial charge >= 0.3 is 11.9 Å². The van der Waals surface area contributed by atoms with Crippen LogP contribution in [0.2, 0.25) is 0 Å². The van der Waals surface area contributed by atoms with Gasteiger partial charge in [-0.15, -0.1) is 0 Å². The summed E-state index contributed by atoms with van der Waals surface area (Å²) in [6.45, 7) is 0. The lowest BCUT2D eigenvalue weighted by Crippen LogP contribution is -2.14. The maximum absolute atomic E-state index is 11.4. The molecule has 2 rings (SSSR count). The summed E-state index contributed by atoms with van der Waals surface area (Å²) >= 11 is 0. The molecule has 0 aliphatic heterocycles. The number of nitrogen functional groups attached to an aromatic ring is 1. The number of carboxylic acids is 2. The monoisotopic (exact) mass is 314 g/mol. The molecule has 0 fully saturated rings. The van der Waals surface area contributed by atoms with E-state index >= 15 is 0 Å². The molecule has 0 heterocycles. The molecule has 6 heteroatoms. The predicted molar refractivity (Wildman–Crippen MR) is 88.3 cm³/mol. The van der Waals surface area contributed by atoms with Crippen LogP contribution in [-0.2, 0) is 6.42 Å². The third kappa shape index (κ3) is 3.60. The molecule has 2 aromatic rings. The minimum Gasteiger partial charge on any atom is -0.478 e. The summed E-state index contributed by atoms with van der Waals surface area (Å²) in [6.07, 6.45) is 0.425. The maximum Gasteiger partial charge on any atom is 0.337 e. The van der Waals surface area contributed by atoms with Crippen LogP contribution in [-0.4, -0.2) is 36.2 Å². The first kappa shape index (κ1) is 16.4. The van der Waals surface area contributed by atoms with E-state index in [2.05, 4.69) is 0 Å². The van der Waals surface area contributed by atoms with Crippen LogP contribution in [0.3, 0.4) is 0 Å². The van der Waals surface area contributed by atoms with Crippen molar-refractivity contribution >= 4 is 23.3 Å². The van der Waals surface area contributed by atoms with Gasteiger partial charge in [0.25, 0.3) is 0 Å². The van der Waals surface area contributed by atoms with E-state index < -0.39 is 11.9 Å². The van der Waals surface area contributed by atoms with Gasteiger partial charge < -0.3 is 20.8 Å². The van der Waals surface area contributed by atoms with Crippen LogP contribution in [0.25, 0.3) is 0 Å². The molecule has 0 aromatic heterocycles. The molecular weight excluding hydrogens is 296 g/mol. The molecule has 2 aromatic carbocycles. The number of hydrogen-bond donors (Lipinski definition) is 3. The highest BCUT2D eigenvalue weighted by atomic mass is 16.4. The highest BCUT2D eigenvalue weighted by Crippen LogP contribution is 2.23. The first-order chi connectivity index (χ1) is 10.8. The summed E-state index contributed by atoms with van der Waals surface area (Å²) in [5.41, 5.74) is 8.25. The molecule has 0 aliphatic rings. The second kappa shape index (κ2) is 6.39. The van der Waals surface area contributed by atoms with E-state index in [0.29, 0.717) is 12.1 Å². The zero-order valence-corrected chi connectivity index (χ0v) is 12.9. The third-order valence-corrected chi connectivity index (χ3v) is 3.53. The molecular formula is C17H18N2O4. The Morgan fingerprint density at radius 3 is 2.00 bits per heavy atom. The third-order valence-electron chi connectivity index (χ3n) is 3.53. The van der Waals surface area contributed by atoms with Crippen LogP contribution >= 0.6 is 0 Å². The average molecular weight is 314 g/mol. The number of hydrogen-bond acceptors (Lipinski definition) is 4. The molecule has 4 N–H and O–H groups in total. The number of rotatable bonds is 5. The van der Waals surface area contributed by atoms with Gasteiger partial charge in [0.15, 0.2) is 0 Å². The van der Waals surface area contributed by atoms with E-state index in [0.717, 1.165) is 11.1 Å². The Bertz CT molecular complexity index is 769. The van der Waals surface area contributed by atoms with E-state index in [9.17, 15) is 14.7 Å². The molecule has 0 saturated carbocycles. The fourth-order valence-electron chi connectivity index (χ4n) is 2.39. The summed E-state index contributed by atoms with van der Waals surface area (Å²) < 4.78 is 0. The van der Waals surface area contributed by atoms with Crippen molar-refractivity contribution in [2.75, 3.05) is 24.7 Å². The SMILES string of the molecule is CN(C)c1ccc(Cc2ccc(N)c(C(=O)O)c2)cc1C(=O)O. The number of carboxylic acid groups (broad SMARTS) is 2. The Morgan fingerprint density at radius 1 is 0.957 bits per heavy atom. The predicted octanol–water partition coefficient (Wildman–Crippen LogP) is 2.32. The van der Waals surface area contributed by atoms with Gasteiger partial charge in [-0.05, 0) is 41.8 Å². The van der Waals surface area contributed by atoms with Crippen LogP contribution in [0.1, 0.15) is 31.8 Å². The lowest BCUT2D eigenvalue weighted by molar-refractivity contribution is 0.0687. The zero-order chi connectivity index (χ0) is 17.1. The van der Waals surface area contributed by atoms with Crippen molar-refractivity contribution in [3.05, 3.63) is 58.7 Å². The van der Waals surface area contributed by atoms with E-state index in [1.165, 1.54) is 6.07 Å². The highest BCUT2D eigenvalue weighted by molar-refractivity contribution is 5.95. The molecule has 23 heavy (non-hydrogen) atoms. The topological polar surface area (TPSA) is 104 Å². The van der Waals surface area contributed by atoms with Crippen molar-refractivity contribution in [1.29, 1.82) is 0 Å². The van der Waals surface area contributed by atoms with Crippen LogP contribution < -0.4 is 10.6 Å². The largest absolute Gasteiger partial charge is 0.478 e. The Balaban J connectivity index is 2.37. The summed E-state index contributed by atoms with van der Waals surface area (Å²) in [6, 6.07) is 9.98. The van der Waals surface area contributed by atoms with E-state index in [-0.39, 0.29) is 16.8 Å². The fourth-order valence-corrected chi connectivity index (χ4v) is 2.39. The van der Waals surface area contributed by atoms with E-state index in [1.54, 1.807) is 43.3 Å². The van der Waals surface area contributed by atoms with Crippen molar-refractivity contribution in [3.8, 4) is 0 Å². The van der Waals surface area contributed by atoms with Crippen molar-refractivity contribution in [3.63, 3.8) is 0 Å². The molecule has 0 amide bonds. The second-order valence-electron chi connectivity index (χ2n) is 5.45. The van der Waals surface area contributed by atoms with Crippen LogP contribution in [0.15, 0.2) is 36.4 Å². The first-order valence-electron chi connectivity index (χ1n) is 6.95. The molecule has 0 spiro atoms. The standard InChI is InChI=1S/C17H18N2O4/c1-19(2)15-6-4-11(9-13(15)17(22)23)7-10-3-5-14(18)12(8-10)16(20)21/h3-6,8-9H,7,18H2,1-2H3,(H,20,21)(H,22,23). The van der Waals surface area contributed by atoms with E-state index in [4.69, 9.17) is 10.8 Å². The number of benzene rings is 2. The molecule has 0 bridgehead atoms. The normalized spacial score (nSPS) is 10.3. The highest BCUT2D eigenvalue weighted by Gasteiger charge is 2.14. The van der Waals surface area contributed by atoms with Gasteiger partial charge in [-0.25, -0.2) is 9.59 Å². The fraction of sp³-hybridized carbons (Fsp3) is 0.176. The zero-order valence-electron chi connectivity index (χ0n) is 12.9. The summed E-state index contributed by atoms with van der Waals surface area (Å²) in [5, 5.41) is 18.4. The molecule has 120 valence electrons. The molecule has 0 aliphatic carbocycles. The van der Waals surface area contributed by atoms with Gasteiger partial charge in [0, 0.05) is 19.8 Å². The Kier molecular flexibility index (Phi) is 4.55. The molecule has 0 radical (unpaired) electrons. The Hall–Kier alpha value is -3.02. The average Bonchev–Trinajstić information content (AvgIpc) is 2.48. The van der Waals surface area contributed by atoms with Gasteiger partial charge in [0.05, 0.1) is 16.8 Å². The lowest BCUT2D eigenvalue weighted by Gasteiger charge is -2.16. The number of carbonyl (C=O) groups is 2. The maximum atomic E-state index is 11.4. The molecule has 6 nitrogen and oxygen atoms in total. The quantitative estimate of drug-likeness (QED) is 0.732.